The van der Waals surface area contributed by atoms with Crippen LogP contribution in [0.25, 0.3) is 5.65 Å². The number of rotatable bonds is 5. The number of likely N-dealkylation sites (N-methyl/N-ethyl adjacent to an activating group) is 1. The summed E-state index contributed by atoms with van der Waals surface area (Å²) in [7, 11) is 6.57. The normalized spacial score (nSPS) is 21.7. The van der Waals surface area contributed by atoms with Crippen LogP contribution >= 0.6 is 0 Å². The molecule has 0 aromatic carbocycles. The second-order valence-electron chi connectivity index (χ2n) is 9.07. The first-order valence-electron chi connectivity index (χ1n) is 11.1. The first-order chi connectivity index (χ1) is 14.6. The van der Waals surface area contributed by atoms with Crippen LogP contribution in [0.3, 0.4) is 0 Å². The first-order valence-corrected chi connectivity index (χ1v) is 11.1. The Balaban J connectivity index is 1.38. The first kappa shape index (κ1) is 19.5. The van der Waals surface area contributed by atoms with E-state index in [9.17, 15) is 0 Å². The summed E-state index contributed by atoms with van der Waals surface area (Å²) < 4.78 is 2.27. The molecule has 1 aliphatic heterocycles. The van der Waals surface area contributed by atoms with Gasteiger partial charge in [-0.05, 0) is 70.6 Å². The molecule has 3 aromatic rings. The summed E-state index contributed by atoms with van der Waals surface area (Å²) in [5.41, 5.74) is 4.81. The molecule has 2 aliphatic rings. The Morgan fingerprint density at radius 2 is 2.00 bits per heavy atom. The number of aromatic nitrogens is 3. The lowest BCUT2D eigenvalue weighted by Crippen LogP contribution is -2.32. The fourth-order valence-corrected chi connectivity index (χ4v) is 5.13. The van der Waals surface area contributed by atoms with Crippen LogP contribution in [-0.4, -0.2) is 64.4 Å². The van der Waals surface area contributed by atoms with E-state index in [1.807, 2.05) is 6.20 Å². The summed E-state index contributed by atoms with van der Waals surface area (Å²) in [5, 5.41) is 0. The van der Waals surface area contributed by atoms with Gasteiger partial charge in [-0.2, -0.15) is 0 Å². The fraction of sp³-hybridized carbons (Fsp3) is 0.500. The topological polar surface area (TPSA) is 39.9 Å². The van der Waals surface area contributed by atoms with E-state index >= 15 is 0 Å². The molecule has 5 rings (SSSR count). The van der Waals surface area contributed by atoms with Crippen LogP contribution in [0, 0.1) is 0 Å². The van der Waals surface area contributed by atoms with Gasteiger partial charge in [-0.3, -0.25) is 14.3 Å². The third-order valence-electron chi connectivity index (χ3n) is 6.85. The van der Waals surface area contributed by atoms with Gasteiger partial charge in [0.1, 0.15) is 11.5 Å². The van der Waals surface area contributed by atoms with Crippen molar-refractivity contribution in [2.75, 3.05) is 39.1 Å². The van der Waals surface area contributed by atoms with E-state index in [1.54, 1.807) is 0 Å². The molecule has 0 radical (unpaired) electrons. The SMILES string of the molecule is CN(C)C1CCN(c2cccc3nc(CN(C)[C@H]4CCCc5cccnc54)cn23)C1. The number of aryl methyl sites for hydroxylation is 1. The molecule has 0 bridgehead atoms. The zero-order valence-corrected chi connectivity index (χ0v) is 18.3. The van der Waals surface area contributed by atoms with Gasteiger partial charge in [-0.15, -0.1) is 0 Å². The lowest BCUT2D eigenvalue weighted by molar-refractivity contribution is 0.206. The maximum atomic E-state index is 4.95. The van der Waals surface area contributed by atoms with Crippen molar-refractivity contribution in [1.82, 2.24) is 24.2 Å². The molecule has 0 saturated carbocycles. The highest BCUT2D eigenvalue weighted by atomic mass is 15.3. The van der Waals surface area contributed by atoms with Crippen molar-refractivity contribution < 1.29 is 0 Å². The Bertz CT molecular complexity index is 1030. The standard InChI is InChI=1S/C24H32N6/c1-27(2)20-12-14-29(17-20)23-11-5-10-22-26-19(16-30(22)23)15-28(3)21-9-4-7-18-8-6-13-25-24(18)21/h5-6,8,10-11,13,16,20-21H,4,7,9,12,14-15,17H2,1-3H3/t20?,21-/m0/s1. The maximum absolute atomic E-state index is 4.95. The van der Waals surface area contributed by atoms with E-state index < -0.39 is 0 Å². The lowest BCUT2D eigenvalue weighted by Gasteiger charge is -2.31. The third-order valence-corrected chi connectivity index (χ3v) is 6.85. The van der Waals surface area contributed by atoms with Gasteiger partial charge >= 0.3 is 0 Å². The smallest absolute Gasteiger partial charge is 0.138 e. The summed E-state index contributed by atoms with van der Waals surface area (Å²) in [4.78, 5) is 16.9. The van der Waals surface area contributed by atoms with Gasteiger partial charge in [0.25, 0.3) is 0 Å². The van der Waals surface area contributed by atoms with Gasteiger partial charge in [0.05, 0.1) is 17.4 Å². The molecule has 1 saturated heterocycles. The van der Waals surface area contributed by atoms with Crippen LogP contribution in [0.1, 0.15) is 42.3 Å². The molecule has 1 fully saturated rings. The molecule has 3 aromatic heterocycles. The van der Waals surface area contributed by atoms with E-state index in [0.29, 0.717) is 12.1 Å². The molecule has 0 amide bonds. The molecular formula is C24H32N6. The highest BCUT2D eigenvalue weighted by Gasteiger charge is 2.27. The Kier molecular flexibility index (Phi) is 5.21. The van der Waals surface area contributed by atoms with Gasteiger partial charge in [0.2, 0.25) is 0 Å². The Hall–Kier alpha value is -2.44. The second kappa shape index (κ2) is 8.00. The number of pyridine rings is 2. The van der Waals surface area contributed by atoms with E-state index in [0.717, 1.165) is 37.4 Å². The van der Waals surface area contributed by atoms with Crippen molar-refractivity contribution in [2.24, 2.45) is 0 Å². The highest BCUT2D eigenvalue weighted by molar-refractivity contribution is 5.53. The van der Waals surface area contributed by atoms with Crippen molar-refractivity contribution in [3.8, 4) is 0 Å². The minimum Gasteiger partial charge on any atom is -0.356 e. The molecule has 0 spiro atoms. The molecule has 158 valence electrons. The number of imidazole rings is 1. The molecule has 0 N–H and O–H groups in total. The molecule has 30 heavy (non-hydrogen) atoms. The number of fused-ring (bicyclic) bond motifs is 2. The van der Waals surface area contributed by atoms with Crippen molar-refractivity contribution >= 4 is 11.5 Å². The molecule has 1 aliphatic carbocycles. The molecule has 6 nitrogen and oxygen atoms in total. The van der Waals surface area contributed by atoms with E-state index in [4.69, 9.17) is 9.97 Å². The highest BCUT2D eigenvalue weighted by Crippen LogP contribution is 2.33. The minimum absolute atomic E-state index is 0.374. The second-order valence-corrected chi connectivity index (χ2v) is 9.07. The summed E-state index contributed by atoms with van der Waals surface area (Å²) in [6.45, 7) is 3.01. The molecular weight excluding hydrogens is 372 g/mol. The van der Waals surface area contributed by atoms with Gasteiger partial charge < -0.3 is 9.80 Å². The quantitative estimate of drug-likeness (QED) is 0.652. The van der Waals surface area contributed by atoms with Crippen molar-refractivity contribution in [1.29, 1.82) is 0 Å². The maximum Gasteiger partial charge on any atom is 0.138 e. The number of hydrogen-bond donors (Lipinski definition) is 0. The van der Waals surface area contributed by atoms with E-state index in [1.165, 1.54) is 36.3 Å². The fourth-order valence-electron chi connectivity index (χ4n) is 5.13. The molecule has 6 heteroatoms. The zero-order chi connectivity index (χ0) is 20.7. The Labute approximate surface area is 179 Å². The number of nitrogens with zero attached hydrogens (tertiary/aromatic N) is 6. The lowest BCUT2D eigenvalue weighted by atomic mass is 9.91. The van der Waals surface area contributed by atoms with Crippen LogP contribution in [0.2, 0.25) is 0 Å². The average Bonchev–Trinajstić information content (AvgIpc) is 3.40. The van der Waals surface area contributed by atoms with Crippen molar-refractivity contribution in [3.63, 3.8) is 0 Å². The van der Waals surface area contributed by atoms with Crippen molar-refractivity contribution in [2.45, 2.75) is 44.3 Å². The van der Waals surface area contributed by atoms with Gasteiger partial charge in [0.15, 0.2) is 0 Å². The van der Waals surface area contributed by atoms with E-state index in [2.05, 4.69) is 76.8 Å². The van der Waals surface area contributed by atoms with Crippen LogP contribution in [0.5, 0.6) is 0 Å². The Morgan fingerprint density at radius 1 is 1.10 bits per heavy atom. The summed E-state index contributed by atoms with van der Waals surface area (Å²) >= 11 is 0. The minimum atomic E-state index is 0.374. The molecule has 2 atom stereocenters. The van der Waals surface area contributed by atoms with Crippen LogP contribution in [0.15, 0.2) is 42.7 Å². The third kappa shape index (κ3) is 3.59. The Morgan fingerprint density at radius 3 is 2.83 bits per heavy atom. The predicted molar refractivity (Wildman–Crippen MR) is 121 cm³/mol. The van der Waals surface area contributed by atoms with Crippen molar-refractivity contribution in [3.05, 3.63) is 59.7 Å². The molecule has 4 heterocycles. The predicted octanol–water partition coefficient (Wildman–Crippen LogP) is 3.38. The van der Waals surface area contributed by atoms with Gasteiger partial charge in [-0.25, -0.2) is 4.98 Å². The molecule has 1 unspecified atom stereocenters. The van der Waals surface area contributed by atoms with Gasteiger partial charge in [-0.1, -0.05) is 12.1 Å². The van der Waals surface area contributed by atoms with Gasteiger partial charge in [0, 0.05) is 38.1 Å². The largest absolute Gasteiger partial charge is 0.356 e. The number of hydrogen-bond acceptors (Lipinski definition) is 5. The monoisotopic (exact) mass is 404 g/mol. The zero-order valence-electron chi connectivity index (χ0n) is 18.3. The van der Waals surface area contributed by atoms with E-state index in [-0.39, 0.29) is 0 Å². The van der Waals surface area contributed by atoms with Crippen LogP contribution in [-0.2, 0) is 13.0 Å². The summed E-state index contributed by atoms with van der Waals surface area (Å²) in [5.74, 6) is 1.25. The summed E-state index contributed by atoms with van der Waals surface area (Å²) in [6.07, 6.45) is 8.91. The number of anilines is 1. The van der Waals surface area contributed by atoms with Crippen LogP contribution < -0.4 is 4.90 Å². The summed E-state index contributed by atoms with van der Waals surface area (Å²) in [6, 6.07) is 11.8. The van der Waals surface area contributed by atoms with Crippen LogP contribution in [0.4, 0.5) is 5.82 Å². The average molecular weight is 405 g/mol.